The van der Waals surface area contributed by atoms with E-state index in [1.807, 2.05) is 0 Å². The van der Waals surface area contributed by atoms with Crippen molar-refractivity contribution in [2.45, 2.75) is 0 Å². The summed E-state index contributed by atoms with van der Waals surface area (Å²) in [5.41, 5.74) is 1.02. The number of hydrogen-bond donors (Lipinski definition) is 1. The van der Waals surface area contributed by atoms with Crippen molar-refractivity contribution in [2.75, 3.05) is 36.5 Å². The Morgan fingerprint density at radius 3 is 2.61 bits per heavy atom. The van der Waals surface area contributed by atoms with E-state index in [0.717, 1.165) is 11.8 Å². The van der Waals surface area contributed by atoms with Crippen LogP contribution in [0.2, 0.25) is 0 Å². The topological polar surface area (TPSA) is 41.6 Å². The molecule has 2 aromatic rings. The van der Waals surface area contributed by atoms with Crippen LogP contribution in [0.3, 0.4) is 0 Å². The van der Waals surface area contributed by atoms with E-state index in [-0.39, 0.29) is 11.3 Å². The molecule has 3 rings (SSSR count). The molecule has 0 aromatic heterocycles. The Balaban J connectivity index is 1.80. The predicted octanol–water partition coefficient (Wildman–Crippen LogP) is 3.05. The zero-order valence-corrected chi connectivity index (χ0v) is 12.4. The number of anilines is 2. The minimum atomic E-state index is -0.553. The van der Waals surface area contributed by atoms with Crippen molar-refractivity contribution in [1.82, 2.24) is 0 Å². The summed E-state index contributed by atoms with van der Waals surface area (Å²) in [6, 6.07) is 9.82. The van der Waals surface area contributed by atoms with Gasteiger partial charge in [0.15, 0.2) is 0 Å². The van der Waals surface area contributed by atoms with Gasteiger partial charge in [-0.05, 0) is 36.4 Å². The number of rotatable bonds is 3. The van der Waals surface area contributed by atoms with E-state index in [1.165, 1.54) is 24.3 Å². The lowest BCUT2D eigenvalue weighted by Crippen LogP contribution is -2.36. The summed E-state index contributed by atoms with van der Waals surface area (Å²) in [5.74, 6) is -1.60. The van der Waals surface area contributed by atoms with Gasteiger partial charge in [0.2, 0.25) is 0 Å². The molecule has 6 heteroatoms. The third kappa shape index (κ3) is 3.65. The van der Waals surface area contributed by atoms with Crippen LogP contribution in [-0.4, -0.2) is 32.2 Å². The Kier molecular flexibility index (Phi) is 4.52. The Hall–Kier alpha value is -2.47. The predicted molar refractivity (Wildman–Crippen MR) is 83.8 cm³/mol. The fraction of sp³-hybridized carbons (Fsp3) is 0.235. The maximum absolute atomic E-state index is 14.0. The van der Waals surface area contributed by atoms with Gasteiger partial charge < -0.3 is 15.0 Å². The third-order valence-corrected chi connectivity index (χ3v) is 3.66. The molecule has 1 aliphatic heterocycles. The minimum Gasteiger partial charge on any atom is -0.378 e. The first kappa shape index (κ1) is 15.4. The highest BCUT2D eigenvalue weighted by atomic mass is 19.1. The SMILES string of the molecule is O=C(Nc1cc(N2CCOCC2)ccc1F)c1cccc(F)c1. The monoisotopic (exact) mass is 318 g/mol. The van der Waals surface area contributed by atoms with Crippen LogP contribution in [-0.2, 0) is 4.74 Å². The molecule has 120 valence electrons. The molecule has 1 heterocycles. The lowest BCUT2D eigenvalue weighted by Gasteiger charge is -2.29. The summed E-state index contributed by atoms with van der Waals surface area (Å²) in [7, 11) is 0. The molecule has 1 aliphatic rings. The van der Waals surface area contributed by atoms with Crippen molar-refractivity contribution in [2.24, 2.45) is 0 Å². The summed E-state index contributed by atoms with van der Waals surface area (Å²) in [4.78, 5) is 14.2. The van der Waals surface area contributed by atoms with Crippen molar-refractivity contribution in [3.8, 4) is 0 Å². The molecule has 1 amide bonds. The zero-order chi connectivity index (χ0) is 16.2. The van der Waals surface area contributed by atoms with Crippen LogP contribution in [0, 0.1) is 11.6 Å². The molecule has 0 radical (unpaired) electrons. The van der Waals surface area contributed by atoms with Gasteiger partial charge in [-0.2, -0.15) is 0 Å². The molecule has 0 atom stereocenters. The van der Waals surface area contributed by atoms with E-state index in [4.69, 9.17) is 4.74 Å². The van der Waals surface area contributed by atoms with E-state index < -0.39 is 17.5 Å². The smallest absolute Gasteiger partial charge is 0.255 e. The number of carbonyl (C=O) groups excluding carboxylic acids is 1. The number of halogens is 2. The maximum Gasteiger partial charge on any atom is 0.255 e. The average molecular weight is 318 g/mol. The van der Waals surface area contributed by atoms with Crippen LogP contribution >= 0.6 is 0 Å². The summed E-state index contributed by atoms with van der Waals surface area (Å²) >= 11 is 0. The first-order chi connectivity index (χ1) is 11.1. The van der Waals surface area contributed by atoms with Crippen LogP contribution in [0.4, 0.5) is 20.2 Å². The normalized spacial score (nSPS) is 14.6. The quantitative estimate of drug-likeness (QED) is 0.946. The molecule has 2 aromatic carbocycles. The number of carbonyl (C=O) groups is 1. The maximum atomic E-state index is 14.0. The van der Waals surface area contributed by atoms with Gasteiger partial charge in [0.05, 0.1) is 18.9 Å². The lowest BCUT2D eigenvalue weighted by atomic mass is 10.2. The summed E-state index contributed by atoms with van der Waals surface area (Å²) in [6.45, 7) is 2.65. The number of hydrogen-bond acceptors (Lipinski definition) is 3. The molecule has 0 unspecified atom stereocenters. The molecule has 0 saturated carbocycles. The van der Waals surface area contributed by atoms with E-state index in [0.29, 0.717) is 26.3 Å². The number of nitrogens with one attached hydrogen (secondary N) is 1. The standard InChI is InChI=1S/C17H16F2N2O2/c18-13-3-1-2-12(10-13)17(22)20-16-11-14(4-5-15(16)19)21-6-8-23-9-7-21/h1-5,10-11H,6-9H2,(H,20,22). The molecule has 1 fully saturated rings. The highest BCUT2D eigenvalue weighted by molar-refractivity contribution is 6.04. The van der Waals surface area contributed by atoms with Crippen LogP contribution in [0.15, 0.2) is 42.5 Å². The molecule has 0 bridgehead atoms. The first-order valence-corrected chi connectivity index (χ1v) is 7.32. The summed E-state index contributed by atoms with van der Waals surface area (Å²) in [6.07, 6.45) is 0. The van der Waals surface area contributed by atoms with Gasteiger partial charge in [-0.15, -0.1) is 0 Å². The number of benzene rings is 2. The van der Waals surface area contributed by atoms with Crippen molar-refractivity contribution in [3.63, 3.8) is 0 Å². The van der Waals surface area contributed by atoms with Gasteiger partial charge in [-0.1, -0.05) is 6.07 Å². The fourth-order valence-electron chi connectivity index (χ4n) is 2.45. The number of nitrogens with zero attached hydrogens (tertiary/aromatic N) is 1. The van der Waals surface area contributed by atoms with Crippen LogP contribution < -0.4 is 10.2 Å². The van der Waals surface area contributed by atoms with Crippen LogP contribution in [0.1, 0.15) is 10.4 Å². The first-order valence-electron chi connectivity index (χ1n) is 7.32. The van der Waals surface area contributed by atoms with Gasteiger partial charge in [-0.3, -0.25) is 4.79 Å². The van der Waals surface area contributed by atoms with Crippen molar-refractivity contribution in [1.29, 1.82) is 0 Å². The molecular weight excluding hydrogens is 302 g/mol. The Labute approximate surface area is 132 Å². The molecule has 1 N–H and O–H groups in total. The van der Waals surface area contributed by atoms with Gasteiger partial charge in [0, 0.05) is 24.3 Å². The Bertz CT molecular complexity index is 715. The molecular formula is C17H16F2N2O2. The Morgan fingerprint density at radius 2 is 1.87 bits per heavy atom. The minimum absolute atomic E-state index is 0.0725. The number of ether oxygens (including phenoxy) is 1. The number of amides is 1. The van der Waals surface area contributed by atoms with Crippen molar-refractivity contribution < 1.29 is 18.3 Å². The van der Waals surface area contributed by atoms with Crippen molar-refractivity contribution >= 4 is 17.3 Å². The van der Waals surface area contributed by atoms with E-state index in [9.17, 15) is 13.6 Å². The van der Waals surface area contributed by atoms with Crippen LogP contribution in [0.5, 0.6) is 0 Å². The lowest BCUT2D eigenvalue weighted by molar-refractivity contribution is 0.102. The largest absolute Gasteiger partial charge is 0.378 e. The zero-order valence-electron chi connectivity index (χ0n) is 12.4. The van der Waals surface area contributed by atoms with Gasteiger partial charge in [0.1, 0.15) is 11.6 Å². The average Bonchev–Trinajstić information content (AvgIpc) is 2.57. The van der Waals surface area contributed by atoms with E-state index in [1.54, 1.807) is 12.1 Å². The highest BCUT2D eigenvalue weighted by Crippen LogP contribution is 2.24. The molecule has 4 nitrogen and oxygen atoms in total. The fourth-order valence-corrected chi connectivity index (χ4v) is 2.45. The second-order valence-corrected chi connectivity index (χ2v) is 5.23. The third-order valence-electron chi connectivity index (χ3n) is 3.66. The second kappa shape index (κ2) is 6.75. The number of morpholine rings is 1. The van der Waals surface area contributed by atoms with E-state index >= 15 is 0 Å². The summed E-state index contributed by atoms with van der Waals surface area (Å²) in [5, 5.41) is 2.49. The molecule has 1 saturated heterocycles. The van der Waals surface area contributed by atoms with Gasteiger partial charge in [-0.25, -0.2) is 8.78 Å². The molecule has 0 aliphatic carbocycles. The van der Waals surface area contributed by atoms with Gasteiger partial charge >= 0.3 is 0 Å². The van der Waals surface area contributed by atoms with Crippen molar-refractivity contribution in [3.05, 3.63) is 59.7 Å². The van der Waals surface area contributed by atoms with Crippen LogP contribution in [0.25, 0.3) is 0 Å². The Morgan fingerprint density at radius 1 is 1.09 bits per heavy atom. The second-order valence-electron chi connectivity index (χ2n) is 5.23. The molecule has 0 spiro atoms. The molecule has 23 heavy (non-hydrogen) atoms. The highest BCUT2D eigenvalue weighted by Gasteiger charge is 2.15. The van der Waals surface area contributed by atoms with E-state index in [2.05, 4.69) is 10.2 Å². The summed E-state index contributed by atoms with van der Waals surface area (Å²) < 4.78 is 32.4. The van der Waals surface area contributed by atoms with Gasteiger partial charge in [0.25, 0.3) is 5.91 Å².